The lowest BCUT2D eigenvalue weighted by atomic mass is 10.1. The van der Waals surface area contributed by atoms with Crippen LogP contribution >= 0.6 is 50.9 Å². The first-order valence-corrected chi connectivity index (χ1v) is 12.8. The normalized spacial score (nSPS) is 16.7. The molecule has 2 N–H and O–H groups in total. The minimum atomic E-state index is -0.242. The quantitative estimate of drug-likeness (QED) is 0.292. The number of ether oxygens (including phenoxy) is 1. The van der Waals surface area contributed by atoms with Gasteiger partial charge in [0, 0.05) is 16.3 Å². The Kier molecular flexibility index (Phi) is 7.91. The van der Waals surface area contributed by atoms with Crippen LogP contribution in [0.1, 0.15) is 23.6 Å². The van der Waals surface area contributed by atoms with E-state index in [1.165, 1.54) is 17.3 Å². The summed E-state index contributed by atoms with van der Waals surface area (Å²) < 4.78 is 6.60. The van der Waals surface area contributed by atoms with Gasteiger partial charge in [0.05, 0.1) is 14.4 Å². The van der Waals surface area contributed by atoms with Crippen LogP contribution in [0, 0.1) is 0 Å². The average Bonchev–Trinajstić information content (AvgIpc) is 3.13. The Morgan fingerprint density at radius 2 is 1.88 bits per heavy atom. The smallest absolute Gasteiger partial charge is 0.260 e. The van der Waals surface area contributed by atoms with Crippen LogP contribution in [0.4, 0.5) is 5.69 Å². The summed E-state index contributed by atoms with van der Waals surface area (Å²) in [6, 6.07) is 19.3. The molecular formula is C25H21BrCl2N2O2S. The number of rotatable bonds is 7. The van der Waals surface area contributed by atoms with Gasteiger partial charge >= 0.3 is 0 Å². The maximum absolute atomic E-state index is 12.5. The lowest BCUT2D eigenvalue weighted by molar-refractivity contribution is -0.116. The zero-order valence-corrected chi connectivity index (χ0v) is 21.6. The molecule has 1 fully saturated rings. The number of benzene rings is 3. The molecule has 33 heavy (non-hydrogen) atoms. The van der Waals surface area contributed by atoms with Gasteiger partial charge in [0.1, 0.15) is 6.61 Å². The molecule has 1 amide bonds. The zero-order valence-electron chi connectivity index (χ0n) is 17.7. The zero-order chi connectivity index (χ0) is 23.4. The lowest BCUT2D eigenvalue weighted by Gasteiger charge is -2.13. The van der Waals surface area contributed by atoms with Crippen molar-refractivity contribution < 1.29 is 9.53 Å². The Balaban J connectivity index is 1.44. The topological polar surface area (TPSA) is 50.4 Å². The average molecular weight is 564 g/mol. The molecule has 0 aromatic heterocycles. The van der Waals surface area contributed by atoms with Crippen molar-refractivity contribution in [2.75, 3.05) is 5.32 Å². The molecule has 1 aliphatic heterocycles. The maximum atomic E-state index is 12.5. The van der Waals surface area contributed by atoms with Crippen molar-refractivity contribution in [1.29, 1.82) is 0 Å². The van der Waals surface area contributed by atoms with Gasteiger partial charge in [-0.1, -0.05) is 72.2 Å². The predicted octanol–water partition coefficient (Wildman–Crippen LogP) is 7.50. The molecule has 0 unspecified atom stereocenters. The molecule has 3 aromatic rings. The number of hydrogen-bond donors (Lipinski definition) is 2. The molecule has 0 saturated carbocycles. The number of aryl methyl sites for hydroxylation is 1. The van der Waals surface area contributed by atoms with Gasteiger partial charge in [-0.3, -0.25) is 4.79 Å². The Labute approximate surface area is 215 Å². The van der Waals surface area contributed by atoms with E-state index in [0.29, 0.717) is 31.8 Å². The Hall–Kier alpha value is -2.12. The van der Waals surface area contributed by atoms with Crippen LogP contribution in [0.25, 0.3) is 6.08 Å². The van der Waals surface area contributed by atoms with Crippen LogP contribution < -0.4 is 15.4 Å². The molecule has 0 bridgehead atoms. The van der Waals surface area contributed by atoms with Gasteiger partial charge in [-0.15, -0.1) is 0 Å². The molecule has 0 radical (unpaired) electrons. The van der Waals surface area contributed by atoms with E-state index in [4.69, 9.17) is 27.9 Å². The first-order chi connectivity index (χ1) is 15.9. The molecule has 170 valence electrons. The fourth-order valence-electron chi connectivity index (χ4n) is 3.27. The standard InChI is InChI=1S/C25H21BrCl2N2O2S/c1-2-15-7-9-18(10-8-15)29-25-30-24(31)22(33-25)13-16-11-19(26)23(21(28)12-16)32-14-17-5-3-4-6-20(17)27/h3-13,25,29H,2,14H2,1H3,(H,30,31)/b22-13-/t25-/m0/s1. The number of carbonyl (C=O) groups excluding carboxylic acids is 1. The first kappa shape index (κ1) is 24.0. The van der Waals surface area contributed by atoms with E-state index in [1.807, 2.05) is 48.5 Å². The van der Waals surface area contributed by atoms with E-state index in [1.54, 1.807) is 6.07 Å². The van der Waals surface area contributed by atoms with Crippen molar-refractivity contribution in [2.45, 2.75) is 25.4 Å². The van der Waals surface area contributed by atoms with Gasteiger partial charge in [0.25, 0.3) is 5.91 Å². The number of thioether (sulfide) groups is 1. The van der Waals surface area contributed by atoms with Crippen LogP contribution in [-0.2, 0) is 17.8 Å². The Morgan fingerprint density at radius 3 is 2.58 bits per heavy atom. The van der Waals surface area contributed by atoms with Crippen molar-refractivity contribution in [3.63, 3.8) is 0 Å². The van der Waals surface area contributed by atoms with Crippen LogP contribution in [0.15, 0.2) is 70.0 Å². The Morgan fingerprint density at radius 1 is 1.12 bits per heavy atom. The van der Waals surface area contributed by atoms with Crippen molar-refractivity contribution >= 4 is 68.6 Å². The highest BCUT2D eigenvalue weighted by Crippen LogP contribution is 2.37. The monoisotopic (exact) mass is 562 g/mol. The largest absolute Gasteiger partial charge is 0.486 e. The third-order valence-corrected chi connectivity index (χ3v) is 7.31. The van der Waals surface area contributed by atoms with Gasteiger partial charge in [0.15, 0.2) is 11.2 Å². The lowest BCUT2D eigenvalue weighted by Crippen LogP contribution is -2.30. The van der Waals surface area contributed by atoms with E-state index in [9.17, 15) is 4.79 Å². The molecule has 3 aromatic carbocycles. The summed E-state index contributed by atoms with van der Waals surface area (Å²) in [7, 11) is 0. The van der Waals surface area contributed by atoms with Gasteiger partial charge in [-0.2, -0.15) is 0 Å². The van der Waals surface area contributed by atoms with E-state index in [0.717, 1.165) is 23.2 Å². The molecule has 8 heteroatoms. The minimum absolute atomic E-state index is 0.131. The fraction of sp³-hybridized carbons (Fsp3) is 0.160. The molecule has 1 atom stereocenters. The van der Waals surface area contributed by atoms with E-state index in [2.05, 4.69) is 45.6 Å². The second-order valence-electron chi connectivity index (χ2n) is 7.37. The summed E-state index contributed by atoms with van der Waals surface area (Å²) in [5.74, 6) is 0.395. The van der Waals surface area contributed by atoms with Gasteiger partial charge < -0.3 is 15.4 Å². The number of anilines is 1. The third-order valence-electron chi connectivity index (χ3n) is 5.04. The second-order valence-corrected chi connectivity index (χ2v) is 10.2. The van der Waals surface area contributed by atoms with E-state index < -0.39 is 0 Å². The maximum Gasteiger partial charge on any atom is 0.260 e. The summed E-state index contributed by atoms with van der Waals surface area (Å²) in [5, 5.41) is 7.36. The summed E-state index contributed by atoms with van der Waals surface area (Å²) in [4.78, 5) is 13.1. The number of nitrogens with one attached hydrogen (secondary N) is 2. The Bertz CT molecular complexity index is 1180. The molecule has 1 aliphatic rings. The fourth-order valence-corrected chi connectivity index (χ4v) is 5.43. The van der Waals surface area contributed by atoms with E-state index in [-0.39, 0.29) is 11.4 Å². The SMILES string of the molecule is CCc1ccc(N[C@H]2NC(=O)/C(=C/c3cc(Cl)c(OCc4ccccc4Cl)c(Br)c3)S2)cc1. The van der Waals surface area contributed by atoms with Crippen molar-refractivity contribution in [3.8, 4) is 5.75 Å². The number of hydrogen-bond acceptors (Lipinski definition) is 4. The molecule has 1 saturated heterocycles. The van der Waals surface area contributed by atoms with Crippen LogP contribution in [0.2, 0.25) is 10.0 Å². The van der Waals surface area contributed by atoms with Crippen molar-refractivity contribution in [1.82, 2.24) is 5.32 Å². The highest BCUT2D eigenvalue weighted by atomic mass is 79.9. The van der Waals surface area contributed by atoms with Crippen LogP contribution in [-0.4, -0.2) is 11.4 Å². The molecule has 1 heterocycles. The van der Waals surface area contributed by atoms with Gasteiger partial charge in [0.2, 0.25) is 0 Å². The molecule has 4 nitrogen and oxygen atoms in total. The summed E-state index contributed by atoms with van der Waals surface area (Å²) >= 11 is 17.6. The molecular weight excluding hydrogens is 543 g/mol. The van der Waals surface area contributed by atoms with Gasteiger partial charge in [-0.25, -0.2) is 0 Å². The number of halogens is 3. The van der Waals surface area contributed by atoms with Crippen molar-refractivity contribution in [2.24, 2.45) is 0 Å². The predicted molar refractivity (Wildman–Crippen MR) is 142 cm³/mol. The second kappa shape index (κ2) is 10.9. The van der Waals surface area contributed by atoms with Gasteiger partial charge in [-0.05, 0) is 69.9 Å². The number of carbonyl (C=O) groups is 1. The van der Waals surface area contributed by atoms with E-state index >= 15 is 0 Å². The summed E-state index contributed by atoms with van der Waals surface area (Å²) in [6.45, 7) is 2.41. The van der Waals surface area contributed by atoms with Crippen LogP contribution in [0.3, 0.4) is 0 Å². The first-order valence-electron chi connectivity index (χ1n) is 10.3. The minimum Gasteiger partial charge on any atom is -0.486 e. The molecule has 4 rings (SSSR count). The number of amides is 1. The third kappa shape index (κ3) is 6.07. The van der Waals surface area contributed by atoms with Crippen molar-refractivity contribution in [3.05, 3.63) is 96.8 Å². The molecule has 0 spiro atoms. The summed E-state index contributed by atoms with van der Waals surface area (Å²) in [5.41, 5.74) is 3.65. The van der Waals surface area contributed by atoms with Crippen LogP contribution in [0.5, 0.6) is 5.75 Å². The summed E-state index contributed by atoms with van der Waals surface area (Å²) in [6.07, 6.45) is 2.81. The molecule has 0 aliphatic carbocycles. The highest BCUT2D eigenvalue weighted by molar-refractivity contribution is 9.10. The highest BCUT2D eigenvalue weighted by Gasteiger charge is 2.27.